The molecule has 4 aromatic rings. The third-order valence-electron chi connectivity index (χ3n) is 7.29. The summed E-state index contributed by atoms with van der Waals surface area (Å²) >= 11 is 1.47. The maximum Gasteiger partial charge on any atom is 0.240 e. The van der Waals surface area contributed by atoms with Crippen LogP contribution in [0.3, 0.4) is 0 Å². The summed E-state index contributed by atoms with van der Waals surface area (Å²) in [5.74, 6) is -0.0703. The van der Waals surface area contributed by atoms with Crippen molar-refractivity contribution in [1.82, 2.24) is 20.1 Å². The van der Waals surface area contributed by atoms with Crippen LogP contribution in [-0.4, -0.2) is 38.9 Å². The SMILES string of the molecule is Cc1cccc(-n2nc(C(C)(C)C)c3c2N(CC(=O)NCc2cccnc2)C(=O)CS[C@H]3c2ccc(F)cc2)c1C. The van der Waals surface area contributed by atoms with Crippen molar-refractivity contribution in [1.29, 1.82) is 0 Å². The molecule has 5 rings (SSSR count). The quantitative estimate of drug-likeness (QED) is 0.316. The maximum absolute atomic E-state index is 13.9. The molecule has 1 aliphatic rings. The summed E-state index contributed by atoms with van der Waals surface area (Å²) in [6, 6.07) is 16.1. The van der Waals surface area contributed by atoms with E-state index >= 15 is 0 Å². The molecule has 0 unspecified atom stereocenters. The van der Waals surface area contributed by atoms with Gasteiger partial charge in [-0.1, -0.05) is 51.1 Å². The number of thioether (sulfide) groups is 1. The van der Waals surface area contributed by atoms with Crippen LogP contribution >= 0.6 is 11.8 Å². The van der Waals surface area contributed by atoms with E-state index in [4.69, 9.17) is 5.10 Å². The normalized spacial score (nSPS) is 15.4. The van der Waals surface area contributed by atoms with Gasteiger partial charge in [0.25, 0.3) is 0 Å². The van der Waals surface area contributed by atoms with Gasteiger partial charge in [-0.3, -0.25) is 19.5 Å². The summed E-state index contributed by atoms with van der Waals surface area (Å²) < 4.78 is 15.8. The van der Waals surface area contributed by atoms with E-state index < -0.39 is 0 Å². The summed E-state index contributed by atoms with van der Waals surface area (Å²) in [4.78, 5) is 32.8. The van der Waals surface area contributed by atoms with Crippen LogP contribution in [0.25, 0.3) is 5.69 Å². The standard InChI is InChI=1S/C32H34FN5O2S/c1-20-8-6-10-25(21(20)2)38-31-28(30(36-38)32(3,4)5)29(23-11-13-24(33)14-12-23)41-19-27(40)37(31)18-26(39)35-17-22-9-7-15-34-16-22/h6-16,29H,17-19H2,1-5H3,(H,35,39)/t29-/m0/s1. The van der Waals surface area contributed by atoms with Gasteiger partial charge in [-0.25, -0.2) is 9.07 Å². The van der Waals surface area contributed by atoms with E-state index in [9.17, 15) is 14.0 Å². The van der Waals surface area contributed by atoms with Crippen molar-refractivity contribution in [3.63, 3.8) is 0 Å². The summed E-state index contributed by atoms with van der Waals surface area (Å²) in [5, 5.41) is 7.80. The van der Waals surface area contributed by atoms with Gasteiger partial charge in [0, 0.05) is 29.9 Å². The molecule has 0 saturated heterocycles. The fourth-order valence-electron chi connectivity index (χ4n) is 5.01. The fraction of sp³-hybridized carbons (Fsp3) is 0.312. The first-order chi connectivity index (χ1) is 19.5. The third-order valence-corrected chi connectivity index (χ3v) is 8.55. The number of nitrogens with zero attached hydrogens (tertiary/aromatic N) is 4. The fourth-order valence-corrected chi connectivity index (χ4v) is 6.21. The molecule has 41 heavy (non-hydrogen) atoms. The monoisotopic (exact) mass is 571 g/mol. The molecule has 2 aromatic heterocycles. The van der Waals surface area contributed by atoms with Crippen molar-refractivity contribution in [3.05, 3.63) is 106 Å². The summed E-state index contributed by atoms with van der Waals surface area (Å²) in [6.07, 6.45) is 3.38. The Bertz CT molecular complexity index is 1580. The number of aryl methyl sites for hydroxylation is 1. The van der Waals surface area contributed by atoms with Gasteiger partial charge in [-0.2, -0.15) is 5.10 Å². The Morgan fingerprint density at radius 1 is 1.10 bits per heavy atom. The van der Waals surface area contributed by atoms with Crippen molar-refractivity contribution >= 4 is 29.4 Å². The van der Waals surface area contributed by atoms with Gasteiger partial charge in [-0.05, 0) is 60.4 Å². The zero-order chi connectivity index (χ0) is 29.3. The number of amides is 2. The molecule has 1 atom stereocenters. The molecular weight excluding hydrogens is 537 g/mol. The third kappa shape index (κ3) is 5.91. The van der Waals surface area contributed by atoms with Crippen molar-refractivity contribution in [2.24, 2.45) is 0 Å². The number of fused-ring (bicyclic) bond motifs is 1. The number of aromatic nitrogens is 3. The zero-order valence-corrected chi connectivity index (χ0v) is 24.8. The highest BCUT2D eigenvalue weighted by molar-refractivity contribution is 8.00. The molecule has 2 amide bonds. The van der Waals surface area contributed by atoms with Crippen molar-refractivity contribution in [2.45, 2.75) is 51.8 Å². The lowest BCUT2D eigenvalue weighted by atomic mass is 9.87. The number of carbonyl (C=O) groups excluding carboxylic acids is 2. The Hall–Kier alpha value is -3.98. The molecule has 0 saturated carbocycles. The summed E-state index contributed by atoms with van der Waals surface area (Å²) in [7, 11) is 0. The van der Waals surface area contributed by atoms with Gasteiger partial charge in [0.05, 0.1) is 22.4 Å². The van der Waals surface area contributed by atoms with Crippen LogP contribution in [0, 0.1) is 19.7 Å². The number of pyridine rings is 1. The molecule has 2 aromatic carbocycles. The predicted molar refractivity (Wildman–Crippen MR) is 161 cm³/mol. The van der Waals surface area contributed by atoms with E-state index in [-0.39, 0.29) is 40.6 Å². The van der Waals surface area contributed by atoms with Crippen LogP contribution in [0.2, 0.25) is 0 Å². The molecule has 3 heterocycles. The average molecular weight is 572 g/mol. The minimum atomic E-state index is -0.381. The van der Waals surface area contributed by atoms with Crippen LogP contribution in [-0.2, 0) is 21.5 Å². The van der Waals surface area contributed by atoms with E-state index in [1.165, 1.54) is 23.9 Å². The van der Waals surface area contributed by atoms with Crippen LogP contribution in [0.5, 0.6) is 0 Å². The van der Waals surface area contributed by atoms with Gasteiger partial charge in [0.2, 0.25) is 11.8 Å². The number of carbonyl (C=O) groups is 2. The largest absolute Gasteiger partial charge is 0.350 e. The van der Waals surface area contributed by atoms with E-state index in [0.717, 1.165) is 39.2 Å². The van der Waals surface area contributed by atoms with Gasteiger partial charge < -0.3 is 5.32 Å². The van der Waals surface area contributed by atoms with Gasteiger partial charge in [0.1, 0.15) is 18.2 Å². The van der Waals surface area contributed by atoms with Gasteiger partial charge in [0.15, 0.2) is 0 Å². The van der Waals surface area contributed by atoms with Crippen molar-refractivity contribution < 1.29 is 14.0 Å². The van der Waals surface area contributed by atoms with Crippen LogP contribution < -0.4 is 10.2 Å². The molecule has 1 aliphatic heterocycles. The Kier molecular flexibility index (Phi) is 8.00. The molecule has 9 heteroatoms. The lowest BCUT2D eigenvalue weighted by Gasteiger charge is -2.25. The first kappa shape index (κ1) is 28.5. The Balaban J connectivity index is 1.68. The first-order valence-electron chi connectivity index (χ1n) is 13.6. The summed E-state index contributed by atoms with van der Waals surface area (Å²) in [6.45, 7) is 10.5. The van der Waals surface area contributed by atoms with Crippen LogP contribution in [0.4, 0.5) is 10.2 Å². The molecule has 0 fully saturated rings. The molecule has 0 aliphatic carbocycles. The number of rotatable bonds is 6. The number of nitrogens with one attached hydrogen (secondary N) is 1. The number of hydrogen-bond donors (Lipinski definition) is 1. The highest BCUT2D eigenvalue weighted by atomic mass is 32.2. The second-order valence-electron chi connectivity index (χ2n) is 11.3. The van der Waals surface area contributed by atoms with Crippen molar-refractivity contribution in [3.8, 4) is 5.69 Å². The summed E-state index contributed by atoms with van der Waals surface area (Å²) in [5.41, 5.74) is 6.01. The topological polar surface area (TPSA) is 80.1 Å². The van der Waals surface area contributed by atoms with Crippen LogP contribution in [0.1, 0.15) is 59.5 Å². The second-order valence-corrected chi connectivity index (χ2v) is 12.4. The molecular formula is C32H34FN5O2S. The highest BCUT2D eigenvalue weighted by Crippen LogP contribution is 2.48. The Morgan fingerprint density at radius 3 is 2.54 bits per heavy atom. The lowest BCUT2D eigenvalue weighted by Crippen LogP contribution is -2.42. The smallest absolute Gasteiger partial charge is 0.240 e. The molecule has 0 radical (unpaired) electrons. The Labute approximate surface area is 244 Å². The number of anilines is 1. The minimum absolute atomic E-state index is 0.156. The minimum Gasteiger partial charge on any atom is -0.350 e. The van der Waals surface area contributed by atoms with Crippen molar-refractivity contribution in [2.75, 3.05) is 17.2 Å². The van der Waals surface area contributed by atoms with E-state index in [0.29, 0.717) is 12.4 Å². The molecule has 0 bridgehead atoms. The molecule has 7 nitrogen and oxygen atoms in total. The predicted octanol–water partition coefficient (Wildman–Crippen LogP) is 5.81. The van der Waals surface area contributed by atoms with E-state index in [1.54, 1.807) is 29.4 Å². The highest BCUT2D eigenvalue weighted by Gasteiger charge is 2.40. The molecule has 0 spiro atoms. The Morgan fingerprint density at radius 2 is 1.85 bits per heavy atom. The second kappa shape index (κ2) is 11.5. The molecule has 1 N–H and O–H groups in total. The lowest BCUT2D eigenvalue weighted by molar-refractivity contribution is -0.123. The average Bonchev–Trinajstić information content (AvgIpc) is 3.28. The van der Waals surface area contributed by atoms with Gasteiger partial charge >= 0.3 is 0 Å². The van der Waals surface area contributed by atoms with Crippen LogP contribution in [0.15, 0.2) is 67.0 Å². The van der Waals surface area contributed by atoms with E-state index in [1.807, 2.05) is 48.9 Å². The number of benzene rings is 2. The molecule has 212 valence electrons. The zero-order valence-electron chi connectivity index (χ0n) is 23.9. The first-order valence-corrected chi connectivity index (χ1v) is 14.6. The van der Waals surface area contributed by atoms with Gasteiger partial charge in [-0.15, -0.1) is 11.8 Å². The number of halogens is 1. The number of hydrogen-bond acceptors (Lipinski definition) is 5. The maximum atomic E-state index is 13.9. The van der Waals surface area contributed by atoms with E-state index in [2.05, 4.69) is 31.1 Å².